The van der Waals surface area contributed by atoms with E-state index in [0.717, 1.165) is 26.1 Å². The summed E-state index contributed by atoms with van der Waals surface area (Å²) in [6.45, 7) is 5.29. The molecule has 1 aromatic heterocycles. The standard InChI is InChI=1S/C15H27N3O2/c1-13(16)15(14-5-7-17-8-6-14)18(10-12-20-3)9-4-11-19-2/h5-8,13,15H,4,9-12,16H2,1-3H3. The number of pyridine rings is 1. The molecule has 0 aromatic carbocycles. The van der Waals surface area contributed by atoms with Crippen molar-refractivity contribution >= 4 is 0 Å². The summed E-state index contributed by atoms with van der Waals surface area (Å²) in [5.74, 6) is 0. The molecule has 1 rings (SSSR count). The Bertz CT molecular complexity index is 346. The number of aromatic nitrogens is 1. The average molecular weight is 281 g/mol. The lowest BCUT2D eigenvalue weighted by atomic mass is 10.00. The van der Waals surface area contributed by atoms with E-state index in [9.17, 15) is 0 Å². The lowest BCUT2D eigenvalue weighted by molar-refractivity contribution is 0.0981. The fourth-order valence-electron chi connectivity index (χ4n) is 2.42. The number of nitrogens with zero attached hydrogens (tertiary/aromatic N) is 2. The third-order valence-corrected chi connectivity index (χ3v) is 3.32. The molecule has 5 nitrogen and oxygen atoms in total. The molecule has 0 saturated heterocycles. The quantitative estimate of drug-likeness (QED) is 0.658. The van der Waals surface area contributed by atoms with Crippen molar-refractivity contribution < 1.29 is 9.47 Å². The first-order chi connectivity index (χ1) is 9.70. The van der Waals surface area contributed by atoms with Gasteiger partial charge in [0.05, 0.1) is 6.61 Å². The van der Waals surface area contributed by atoms with Crippen molar-refractivity contribution in [2.45, 2.75) is 25.4 Å². The van der Waals surface area contributed by atoms with Crippen LogP contribution in [0.5, 0.6) is 0 Å². The molecule has 0 saturated carbocycles. The highest BCUT2D eigenvalue weighted by molar-refractivity contribution is 5.17. The number of hydrogen-bond donors (Lipinski definition) is 1. The third kappa shape index (κ3) is 5.54. The van der Waals surface area contributed by atoms with Gasteiger partial charge >= 0.3 is 0 Å². The number of rotatable bonds is 10. The predicted molar refractivity (Wildman–Crippen MR) is 80.6 cm³/mol. The molecular weight excluding hydrogens is 254 g/mol. The van der Waals surface area contributed by atoms with Crippen LogP contribution >= 0.6 is 0 Å². The second kappa shape index (κ2) is 9.83. The van der Waals surface area contributed by atoms with Crippen LogP contribution in [-0.4, -0.2) is 56.4 Å². The fraction of sp³-hybridized carbons (Fsp3) is 0.667. The Balaban J connectivity index is 2.80. The molecule has 114 valence electrons. The number of hydrogen-bond acceptors (Lipinski definition) is 5. The minimum absolute atomic E-state index is 0.0387. The molecule has 0 aliphatic carbocycles. The molecule has 2 atom stereocenters. The van der Waals surface area contributed by atoms with Crippen LogP contribution in [0.4, 0.5) is 0 Å². The molecule has 20 heavy (non-hydrogen) atoms. The van der Waals surface area contributed by atoms with Crippen LogP contribution in [0, 0.1) is 0 Å². The minimum atomic E-state index is 0.0387. The maximum absolute atomic E-state index is 6.21. The maximum atomic E-state index is 6.21. The van der Waals surface area contributed by atoms with Crippen molar-refractivity contribution in [3.63, 3.8) is 0 Å². The summed E-state index contributed by atoms with van der Waals surface area (Å²) in [5, 5.41) is 0. The summed E-state index contributed by atoms with van der Waals surface area (Å²) < 4.78 is 10.4. The van der Waals surface area contributed by atoms with Gasteiger partial charge in [0.15, 0.2) is 0 Å². The van der Waals surface area contributed by atoms with Crippen LogP contribution in [-0.2, 0) is 9.47 Å². The van der Waals surface area contributed by atoms with Gasteiger partial charge < -0.3 is 15.2 Å². The van der Waals surface area contributed by atoms with Gasteiger partial charge in [0, 0.05) is 58.4 Å². The monoisotopic (exact) mass is 281 g/mol. The molecule has 5 heteroatoms. The van der Waals surface area contributed by atoms with E-state index in [1.807, 2.05) is 31.5 Å². The number of ether oxygens (including phenoxy) is 2. The lowest BCUT2D eigenvalue weighted by Crippen LogP contribution is -2.42. The summed E-state index contributed by atoms with van der Waals surface area (Å²) in [6.07, 6.45) is 4.61. The summed E-state index contributed by atoms with van der Waals surface area (Å²) in [5.41, 5.74) is 7.41. The molecule has 0 bridgehead atoms. The Kier molecular flexibility index (Phi) is 8.37. The van der Waals surface area contributed by atoms with Crippen LogP contribution in [0.2, 0.25) is 0 Å². The topological polar surface area (TPSA) is 60.6 Å². The third-order valence-electron chi connectivity index (χ3n) is 3.32. The first-order valence-electron chi connectivity index (χ1n) is 7.08. The average Bonchev–Trinajstić information content (AvgIpc) is 2.45. The Morgan fingerprint density at radius 3 is 2.35 bits per heavy atom. The number of nitrogens with two attached hydrogens (primary N) is 1. The molecule has 2 N–H and O–H groups in total. The van der Waals surface area contributed by atoms with Crippen molar-refractivity contribution in [1.82, 2.24) is 9.88 Å². The smallest absolute Gasteiger partial charge is 0.0589 e. The van der Waals surface area contributed by atoms with E-state index in [2.05, 4.69) is 9.88 Å². The molecular formula is C15H27N3O2. The normalized spacial score (nSPS) is 14.4. The van der Waals surface area contributed by atoms with Gasteiger partial charge in [-0.2, -0.15) is 0 Å². The van der Waals surface area contributed by atoms with Gasteiger partial charge in [0.1, 0.15) is 0 Å². The molecule has 1 aromatic rings. The molecule has 0 aliphatic heterocycles. The molecule has 0 spiro atoms. The second-order valence-corrected chi connectivity index (χ2v) is 4.96. The van der Waals surface area contributed by atoms with Crippen molar-refractivity contribution in [2.75, 3.05) is 40.5 Å². The van der Waals surface area contributed by atoms with Crippen LogP contribution in [0.15, 0.2) is 24.5 Å². The van der Waals surface area contributed by atoms with E-state index >= 15 is 0 Å². The Morgan fingerprint density at radius 2 is 1.80 bits per heavy atom. The van der Waals surface area contributed by atoms with Crippen LogP contribution < -0.4 is 5.73 Å². The lowest BCUT2D eigenvalue weighted by Gasteiger charge is -2.34. The van der Waals surface area contributed by atoms with Crippen molar-refractivity contribution in [1.29, 1.82) is 0 Å². The van der Waals surface area contributed by atoms with E-state index < -0.39 is 0 Å². The van der Waals surface area contributed by atoms with Crippen molar-refractivity contribution in [2.24, 2.45) is 5.73 Å². The summed E-state index contributed by atoms with van der Waals surface area (Å²) in [7, 11) is 3.45. The summed E-state index contributed by atoms with van der Waals surface area (Å²) in [4.78, 5) is 6.44. The molecule has 1 heterocycles. The highest BCUT2D eigenvalue weighted by Gasteiger charge is 2.23. The molecule has 0 fully saturated rings. The number of methoxy groups -OCH3 is 2. The first-order valence-corrected chi connectivity index (χ1v) is 7.08. The zero-order valence-electron chi connectivity index (χ0n) is 12.8. The van der Waals surface area contributed by atoms with Gasteiger partial charge in [-0.05, 0) is 31.0 Å². The second-order valence-electron chi connectivity index (χ2n) is 4.96. The van der Waals surface area contributed by atoms with E-state index in [4.69, 9.17) is 15.2 Å². The van der Waals surface area contributed by atoms with Gasteiger partial charge in [-0.3, -0.25) is 9.88 Å². The SMILES string of the molecule is COCCCN(CCOC)C(c1ccncc1)C(C)N. The van der Waals surface area contributed by atoms with E-state index in [1.165, 1.54) is 5.56 Å². The summed E-state index contributed by atoms with van der Waals surface area (Å²) >= 11 is 0. The maximum Gasteiger partial charge on any atom is 0.0589 e. The zero-order valence-corrected chi connectivity index (χ0v) is 12.8. The Morgan fingerprint density at radius 1 is 1.15 bits per heavy atom. The fourth-order valence-corrected chi connectivity index (χ4v) is 2.42. The van der Waals surface area contributed by atoms with E-state index in [-0.39, 0.29) is 12.1 Å². The highest BCUT2D eigenvalue weighted by atomic mass is 16.5. The van der Waals surface area contributed by atoms with E-state index in [0.29, 0.717) is 6.61 Å². The first kappa shape index (κ1) is 17.0. The van der Waals surface area contributed by atoms with Crippen LogP contribution in [0.1, 0.15) is 24.9 Å². The van der Waals surface area contributed by atoms with E-state index in [1.54, 1.807) is 14.2 Å². The van der Waals surface area contributed by atoms with Crippen LogP contribution in [0.25, 0.3) is 0 Å². The summed E-state index contributed by atoms with van der Waals surface area (Å²) in [6, 6.07) is 4.27. The minimum Gasteiger partial charge on any atom is -0.385 e. The largest absolute Gasteiger partial charge is 0.385 e. The van der Waals surface area contributed by atoms with Gasteiger partial charge in [-0.25, -0.2) is 0 Å². The van der Waals surface area contributed by atoms with Gasteiger partial charge in [0.2, 0.25) is 0 Å². The molecule has 0 radical (unpaired) electrons. The molecule has 0 aliphatic rings. The van der Waals surface area contributed by atoms with Gasteiger partial charge in [-0.15, -0.1) is 0 Å². The zero-order chi connectivity index (χ0) is 14.8. The Labute approximate surface area is 122 Å². The highest BCUT2D eigenvalue weighted by Crippen LogP contribution is 2.23. The molecule has 2 unspecified atom stereocenters. The van der Waals surface area contributed by atoms with Gasteiger partial charge in [-0.1, -0.05) is 0 Å². The molecule has 0 amide bonds. The van der Waals surface area contributed by atoms with Gasteiger partial charge in [0.25, 0.3) is 0 Å². The van der Waals surface area contributed by atoms with Crippen molar-refractivity contribution in [3.8, 4) is 0 Å². The predicted octanol–water partition coefficient (Wildman–Crippen LogP) is 1.45. The van der Waals surface area contributed by atoms with Crippen LogP contribution in [0.3, 0.4) is 0 Å². The van der Waals surface area contributed by atoms with Crippen molar-refractivity contribution in [3.05, 3.63) is 30.1 Å². The Hall–Kier alpha value is -1.01.